The molecule has 1 N–H and O–H groups in total. The molecule has 1 saturated carbocycles. The van der Waals surface area contributed by atoms with E-state index in [1.54, 1.807) is 7.05 Å². The van der Waals surface area contributed by atoms with Crippen LogP contribution < -0.4 is 5.32 Å². The molecule has 3 nitrogen and oxygen atoms in total. The average molecular weight is 167 g/mol. The summed E-state index contributed by atoms with van der Waals surface area (Å²) in [6, 6.07) is 0. The van der Waals surface area contributed by atoms with Gasteiger partial charge in [0, 0.05) is 13.0 Å². The zero-order chi connectivity index (χ0) is 8.55. The SMILES string of the molecule is CNc1ncc(F)c(C2CC2)n1. The molecule has 1 aromatic heterocycles. The summed E-state index contributed by atoms with van der Waals surface area (Å²) in [7, 11) is 1.73. The second kappa shape index (κ2) is 2.69. The summed E-state index contributed by atoms with van der Waals surface area (Å²) in [6.07, 6.45) is 3.33. The Morgan fingerprint density at radius 3 is 2.92 bits per heavy atom. The van der Waals surface area contributed by atoms with E-state index in [1.165, 1.54) is 6.20 Å². The van der Waals surface area contributed by atoms with Gasteiger partial charge in [-0.3, -0.25) is 0 Å². The minimum absolute atomic E-state index is 0.281. The van der Waals surface area contributed by atoms with Crippen LogP contribution in [0.25, 0.3) is 0 Å². The van der Waals surface area contributed by atoms with Gasteiger partial charge in [-0.05, 0) is 12.8 Å². The third-order valence-electron chi connectivity index (χ3n) is 1.96. The van der Waals surface area contributed by atoms with E-state index < -0.39 is 0 Å². The lowest BCUT2D eigenvalue weighted by atomic mass is 10.3. The van der Waals surface area contributed by atoms with Gasteiger partial charge >= 0.3 is 0 Å². The van der Waals surface area contributed by atoms with E-state index in [1.807, 2.05) is 0 Å². The van der Waals surface area contributed by atoms with Gasteiger partial charge in [-0.2, -0.15) is 0 Å². The fraction of sp³-hybridized carbons (Fsp3) is 0.500. The summed E-state index contributed by atoms with van der Waals surface area (Å²) in [5, 5.41) is 2.79. The van der Waals surface area contributed by atoms with Crippen molar-refractivity contribution >= 4 is 5.95 Å². The Hall–Kier alpha value is -1.19. The van der Waals surface area contributed by atoms with E-state index in [4.69, 9.17) is 0 Å². The standard InChI is InChI=1S/C8H10FN3/c1-10-8-11-4-6(9)7(12-8)5-2-3-5/h4-5H,2-3H2,1H3,(H,10,11,12). The Labute approximate surface area is 70.0 Å². The average Bonchev–Trinajstić information content (AvgIpc) is 2.88. The molecule has 0 amide bonds. The lowest BCUT2D eigenvalue weighted by molar-refractivity contribution is 0.592. The van der Waals surface area contributed by atoms with Crippen LogP contribution in [-0.4, -0.2) is 17.0 Å². The number of nitrogens with zero attached hydrogens (tertiary/aromatic N) is 2. The van der Waals surface area contributed by atoms with Gasteiger partial charge in [-0.25, -0.2) is 14.4 Å². The molecule has 0 aliphatic heterocycles. The number of nitrogens with one attached hydrogen (secondary N) is 1. The van der Waals surface area contributed by atoms with Crippen molar-refractivity contribution in [3.63, 3.8) is 0 Å². The molecule has 0 spiro atoms. The molecule has 0 atom stereocenters. The number of anilines is 1. The predicted octanol–water partition coefficient (Wildman–Crippen LogP) is 1.53. The first-order chi connectivity index (χ1) is 5.81. The molecule has 1 aromatic rings. The van der Waals surface area contributed by atoms with E-state index in [9.17, 15) is 4.39 Å². The minimum Gasteiger partial charge on any atom is -0.357 e. The topological polar surface area (TPSA) is 37.8 Å². The fourth-order valence-electron chi connectivity index (χ4n) is 1.14. The molecular formula is C8H10FN3. The van der Waals surface area contributed by atoms with Gasteiger partial charge in [0.25, 0.3) is 0 Å². The Balaban J connectivity index is 2.36. The van der Waals surface area contributed by atoms with Crippen LogP contribution in [-0.2, 0) is 0 Å². The van der Waals surface area contributed by atoms with E-state index in [2.05, 4.69) is 15.3 Å². The predicted molar refractivity (Wildman–Crippen MR) is 43.5 cm³/mol. The smallest absolute Gasteiger partial charge is 0.222 e. The maximum absolute atomic E-state index is 13.0. The van der Waals surface area contributed by atoms with Gasteiger partial charge in [0.2, 0.25) is 5.95 Å². The van der Waals surface area contributed by atoms with Crippen LogP contribution in [0.1, 0.15) is 24.5 Å². The Morgan fingerprint density at radius 1 is 1.58 bits per heavy atom. The lowest BCUT2D eigenvalue weighted by Crippen LogP contribution is -2.01. The van der Waals surface area contributed by atoms with Crippen molar-refractivity contribution in [2.24, 2.45) is 0 Å². The summed E-state index contributed by atoms with van der Waals surface area (Å²) in [5.74, 6) is 0.551. The van der Waals surface area contributed by atoms with E-state index >= 15 is 0 Å². The molecule has 1 heterocycles. The third kappa shape index (κ3) is 1.24. The minimum atomic E-state index is -0.281. The number of halogens is 1. The zero-order valence-corrected chi connectivity index (χ0v) is 6.84. The van der Waals surface area contributed by atoms with Gasteiger partial charge in [0.15, 0.2) is 5.82 Å². The van der Waals surface area contributed by atoms with E-state index in [0.29, 0.717) is 17.6 Å². The fourth-order valence-corrected chi connectivity index (χ4v) is 1.14. The Bertz CT molecular complexity index is 296. The summed E-state index contributed by atoms with van der Waals surface area (Å²) in [4.78, 5) is 7.83. The quantitative estimate of drug-likeness (QED) is 0.725. The van der Waals surface area contributed by atoms with Crippen molar-refractivity contribution in [3.8, 4) is 0 Å². The first-order valence-corrected chi connectivity index (χ1v) is 4.01. The van der Waals surface area contributed by atoms with Crippen LogP contribution in [0.3, 0.4) is 0 Å². The zero-order valence-electron chi connectivity index (χ0n) is 6.84. The second-order valence-electron chi connectivity index (χ2n) is 2.95. The van der Waals surface area contributed by atoms with Crippen LogP contribution in [0, 0.1) is 5.82 Å². The number of rotatable bonds is 2. The monoisotopic (exact) mass is 167 g/mol. The van der Waals surface area contributed by atoms with E-state index in [-0.39, 0.29) is 5.82 Å². The molecule has 0 saturated heterocycles. The first kappa shape index (κ1) is 7.46. The molecule has 0 radical (unpaired) electrons. The molecule has 0 aromatic carbocycles. The number of hydrogen-bond acceptors (Lipinski definition) is 3. The normalized spacial score (nSPS) is 16.2. The van der Waals surface area contributed by atoms with E-state index in [0.717, 1.165) is 12.8 Å². The molecule has 1 fully saturated rings. The Kier molecular flexibility index (Phi) is 1.67. The van der Waals surface area contributed by atoms with Gasteiger partial charge < -0.3 is 5.32 Å². The van der Waals surface area contributed by atoms with Crippen molar-refractivity contribution < 1.29 is 4.39 Å². The molecule has 12 heavy (non-hydrogen) atoms. The maximum atomic E-state index is 13.0. The highest BCUT2D eigenvalue weighted by molar-refractivity contribution is 5.27. The van der Waals surface area contributed by atoms with Crippen LogP contribution >= 0.6 is 0 Å². The van der Waals surface area contributed by atoms with Crippen LogP contribution in [0.5, 0.6) is 0 Å². The number of aromatic nitrogens is 2. The van der Waals surface area contributed by atoms with Crippen LogP contribution in [0.2, 0.25) is 0 Å². The molecule has 1 aliphatic carbocycles. The lowest BCUT2D eigenvalue weighted by Gasteiger charge is -2.01. The van der Waals surface area contributed by atoms with Crippen molar-refractivity contribution in [2.45, 2.75) is 18.8 Å². The molecule has 0 bridgehead atoms. The number of hydrogen-bond donors (Lipinski definition) is 1. The highest BCUT2D eigenvalue weighted by Crippen LogP contribution is 2.40. The maximum Gasteiger partial charge on any atom is 0.222 e. The first-order valence-electron chi connectivity index (χ1n) is 4.01. The second-order valence-corrected chi connectivity index (χ2v) is 2.95. The van der Waals surface area contributed by atoms with Crippen LogP contribution in [0.4, 0.5) is 10.3 Å². The van der Waals surface area contributed by atoms with Crippen molar-refractivity contribution in [2.75, 3.05) is 12.4 Å². The largest absolute Gasteiger partial charge is 0.357 e. The molecular weight excluding hydrogens is 157 g/mol. The molecule has 2 rings (SSSR count). The summed E-state index contributed by atoms with van der Waals surface area (Å²) < 4.78 is 13.0. The molecule has 1 aliphatic rings. The molecule has 64 valence electrons. The van der Waals surface area contributed by atoms with Crippen molar-refractivity contribution in [3.05, 3.63) is 17.7 Å². The molecule has 0 unspecified atom stereocenters. The van der Waals surface area contributed by atoms with Crippen molar-refractivity contribution in [1.82, 2.24) is 9.97 Å². The highest BCUT2D eigenvalue weighted by atomic mass is 19.1. The third-order valence-corrected chi connectivity index (χ3v) is 1.96. The van der Waals surface area contributed by atoms with Crippen molar-refractivity contribution in [1.29, 1.82) is 0 Å². The van der Waals surface area contributed by atoms with Gasteiger partial charge in [0.05, 0.1) is 11.9 Å². The summed E-state index contributed by atoms with van der Waals surface area (Å²) >= 11 is 0. The Morgan fingerprint density at radius 2 is 2.33 bits per heavy atom. The van der Waals surface area contributed by atoms with Crippen LogP contribution in [0.15, 0.2) is 6.20 Å². The van der Waals surface area contributed by atoms with Gasteiger partial charge in [-0.15, -0.1) is 0 Å². The summed E-state index contributed by atoms with van der Waals surface area (Å²) in [6.45, 7) is 0. The van der Waals surface area contributed by atoms with Gasteiger partial charge in [-0.1, -0.05) is 0 Å². The highest BCUT2D eigenvalue weighted by Gasteiger charge is 2.28. The van der Waals surface area contributed by atoms with Gasteiger partial charge in [0.1, 0.15) is 0 Å². The summed E-state index contributed by atoms with van der Waals surface area (Å²) in [5.41, 5.74) is 0.564. The molecule has 4 heteroatoms.